The van der Waals surface area contributed by atoms with Crippen LogP contribution in [0.3, 0.4) is 0 Å². The highest BCUT2D eigenvalue weighted by Crippen LogP contribution is 2.38. The maximum absolute atomic E-state index is 5.61. The first kappa shape index (κ1) is 17.8. The zero-order valence-electron chi connectivity index (χ0n) is 16.2. The van der Waals surface area contributed by atoms with Gasteiger partial charge in [0.15, 0.2) is 5.76 Å². The second-order valence-electron chi connectivity index (χ2n) is 7.21. The van der Waals surface area contributed by atoms with Crippen LogP contribution in [-0.4, -0.2) is 33.9 Å². The molecule has 1 saturated heterocycles. The van der Waals surface area contributed by atoms with Crippen LogP contribution >= 0.6 is 0 Å². The molecule has 0 radical (unpaired) electrons. The molecule has 27 heavy (non-hydrogen) atoms. The van der Waals surface area contributed by atoms with Crippen molar-refractivity contribution in [2.24, 2.45) is 0 Å². The van der Waals surface area contributed by atoms with Gasteiger partial charge in [0.25, 0.3) is 0 Å². The maximum atomic E-state index is 5.61. The van der Waals surface area contributed by atoms with Crippen LogP contribution in [0.5, 0.6) is 5.75 Å². The summed E-state index contributed by atoms with van der Waals surface area (Å²) >= 11 is 0. The molecule has 1 aliphatic rings. The number of aromatic amines is 1. The van der Waals surface area contributed by atoms with Gasteiger partial charge < -0.3 is 9.26 Å². The molecule has 4 rings (SSSR count). The first-order valence-electron chi connectivity index (χ1n) is 9.51. The van der Waals surface area contributed by atoms with E-state index in [2.05, 4.69) is 32.4 Å². The summed E-state index contributed by atoms with van der Waals surface area (Å²) in [6.07, 6.45) is 5.37. The standard InChI is InChI=1S/C21H26N4O2/c1-14-15(2)24-27-21(14)17-12-22-23-20(17)18-9-6-7-11-25(18)13-16-8-4-5-10-19(16)26-3/h4-5,8,10,12,18H,6-7,9,11,13H2,1-3H3,(H,22,23)/t18-/m1/s1. The van der Waals surface area contributed by atoms with E-state index in [1.54, 1.807) is 7.11 Å². The topological polar surface area (TPSA) is 67.2 Å². The summed E-state index contributed by atoms with van der Waals surface area (Å²) in [7, 11) is 1.73. The SMILES string of the molecule is COc1ccccc1CN1CCCC[C@@H]1c1[nH]ncc1-c1onc(C)c1C. The third-order valence-electron chi connectivity index (χ3n) is 5.58. The lowest BCUT2D eigenvalue weighted by Crippen LogP contribution is -2.33. The Labute approximate surface area is 159 Å². The van der Waals surface area contributed by atoms with Gasteiger partial charge in [-0.3, -0.25) is 10.00 Å². The Hall–Kier alpha value is -2.60. The van der Waals surface area contributed by atoms with Crippen LogP contribution in [0.2, 0.25) is 0 Å². The number of para-hydroxylation sites is 1. The Balaban J connectivity index is 1.66. The van der Waals surface area contributed by atoms with Crippen LogP contribution in [0, 0.1) is 13.8 Å². The Bertz CT molecular complexity index is 915. The number of H-pyrrole nitrogens is 1. The quantitative estimate of drug-likeness (QED) is 0.724. The molecule has 1 aromatic carbocycles. The van der Waals surface area contributed by atoms with Crippen LogP contribution < -0.4 is 4.74 Å². The van der Waals surface area contributed by atoms with Crippen LogP contribution in [0.25, 0.3) is 11.3 Å². The number of ether oxygens (including phenoxy) is 1. The number of aryl methyl sites for hydroxylation is 1. The summed E-state index contributed by atoms with van der Waals surface area (Å²) in [6, 6.07) is 8.52. The Morgan fingerprint density at radius 1 is 1.26 bits per heavy atom. The smallest absolute Gasteiger partial charge is 0.173 e. The molecule has 1 atom stereocenters. The minimum Gasteiger partial charge on any atom is -0.496 e. The van der Waals surface area contributed by atoms with E-state index in [1.165, 1.54) is 18.4 Å². The number of rotatable bonds is 5. The highest BCUT2D eigenvalue weighted by molar-refractivity contribution is 5.64. The summed E-state index contributed by atoms with van der Waals surface area (Å²) in [6.45, 7) is 5.92. The van der Waals surface area contributed by atoms with Gasteiger partial charge in [-0.25, -0.2) is 0 Å². The lowest BCUT2D eigenvalue weighted by molar-refractivity contribution is 0.136. The van der Waals surface area contributed by atoms with Gasteiger partial charge in [-0.2, -0.15) is 5.10 Å². The molecule has 0 aliphatic carbocycles. The lowest BCUT2D eigenvalue weighted by atomic mass is 9.95. The molecule has 0 unspecified atom stereocenters. The molecule has 0 bridgehead atoms. The molecule has 1 N–H and O–H groups in total. The molecule has 0 amide bonds. The molecule has 142 valence electrons. The van der Waals surface area contributed by atoms with E-state index in [0.717, 1.165) is 53.5 Å². The highest BCUT2D eigenvalue weighted by Gasteiger charge is 2.30. The number of hydrogen-bond donors (Lipinski definition) is 1. The molecular formula is C21H26N4O2. The predicted molar refractivity (Wildman–Crippen MR) is 104 cm³/mol. The molecule has 3 aromatic rings. The van der Waals surface area contributed by atoms with Crippen molar-refractivity contribution in [3.63, 3.8) is 0 Å². The molecule has 1 fully saturated rings. The lowest BCUT2D eigenvalue weighted by Gasteiger charge is -2.35. The van der Waals surface area contributed by atoms with E-state index in [9.17, 15) is 0 Å². The molecule has 6 nitrogen and oxygen atoms in total. The minimum absolute atomic E-state index is 0.269. The molecule has 0 saturated carbocycles. The van der Waals surface area contributed by atoms with E-state index >= 15 is 0 Å². The fraction of sp³-hybridized carbons (Fsp3) is 0.429. The van der Waals surface area contributed by atoms with Gasteiger partial charge in [0.05, 0.1) is 36.3 Å². The monoisotopic (exact) mass is 366 g/mol. The van der Waals surface area contributed by atoms with Crippen molar-refractivity contribution < 1.29 is 9.26 Å². The molecule has 0 spiro atoms. The number of piperidine rings is 1. The number of aromatic nitrogens is 3. The molecule has 6 heteroatoms. The average molecular weight is 366 g/mol. The summed E-state index contributed by atoms with van der Waals surface area (Å²) in [5.74, 6) is 1.76. The van der Waals surface area contributed by atoms with E-state index in [1.807, 2.05) is 32.2 Å². The van der Waals surface area contributed by atoms with Crippen LogP contribution in [0.1, 0.15) is 47.8 Å². The first-order valence-corrected chi connectivity index (χ1v) is 9.51. The van der Waals surface area contributed by atoms with E-state index < -0.39 is 0 Å². The average Bonchev–Trinajstić information content (AvgIpc) is 3.30. The summed E-state index contributed by atoms with van der Waals surface area (Å²) in [5.41, 5.74) is 5.34. The normalized spacial score (nSPS) is 18.0. The Morgan fingerprint density at radius 3 is 2.89 bits per heavy atom. The van der Waals surface area contributed by atoms with Crippen LogP contribution in [-0.2, 0) is 6.54 Å². The van der Waals surface area contributed by atoms with Gasteiger partial charge in [-0.15, -0.1) is 0 Å². The number of hydrogen-bond acceptors (Lipinski definition) is 5. The first-order chi connectivity index (χ1) is 13.2. The zero-order chi connectivity index (χ0) is 18.8. The second-order valence-corrected chi connectivity index (χ2v) is 7.21. The number of nitrogens with one attached hydrogen (secondary N) is 1. The van der Waals surface area contributed by atoms with E-state index in [4.69, 9.17) is 9.26 Å². The van der Waals surface area contributed by atoms with Crippen LogP contribution in [0.4, 0.5) is 0 Å². The van der Waals surface area contributed by atoms with Gasteiger partial charge >= 0.3 is 0 Å². The number of methoxy groups -OCH3 is 1. The summed E-state index contributed by atoms with van der Waals surface area (Å²) in [4.78, 5) is 2.51. The highest BCUT2D eigenvalue weighted by atomic mass is 16.5. The summed E-state index contributed by atoms with van der Waals surface area (Å²) in [5, 5.41) is 11.7. The van der Waals surface area contributed by atoms with Crippen molar-refractivity contribution >= 4 is 0 Å². The van der Waals surface area contributed by atoms with Crippen molar-refractivity contribution in [3.8, 4) is 17.1 Å². The van der Waals surface area contributed by atoms with Gasteiger partial charge in [0, 0.05) is 17.7 Å². The molecule has 3 heterocycles. The largest absolute Gasteiger partial charge is 0.496 e. The van der Waals surface area contributed by atoms with Crippen molar-refractivity contribution in [1.29, 1.82) is 0 Å². The summed E-state index contributed by atoms with van der Waals surface area (Å²) < 4.78 is 11.2. The van der Waals surface area contributed by atoms with Crippen molar-refractivity contribution in [2.75, 3.05) is 13.7 Å². The van der Waals surface area contributed by atoms with Gasteiger partial charge in [0.1, 0.15) is 5.75 Å². The second kappa shape index (κ2) is 7.56. The van der Waals surface area contributed by atoms with E-state index in [0.29, 0.717) is 0 Å². The number of likely N-dealkylation sites (tertiary alicyclic amines) is 1. The van der Waals surface area contributed by atoms with Crippen LogP contribution in [0.15, 0.2) is 35.0 Å². The Morgan fingerprint density at radius 2 is 2.11 bits per heavy atom. The molecule has 2 aromatic heterocycles. The van der Waals surface area contributed by atoms with Crippen molar-refractivity contribution in [2.45, 2.75) is 45.7 Å². The fourth-order valence-electron chi connectivity index (χ4n) is 3.96. The molecular weight excluding hydrogens is 340 g/mol. The molecule has 1 aliphatic heterocycles. The number of nitrogens with zero attached hydrogens (tertiary/aromatic N) is 3. The number of benzene rings is 1. The minimum atomic E-state index is 0.269. The third kappa shape index (κ3) is 3.37. The van der Waals surface area contributed by atoms with Gasteiger partial charge in [-0.05, 0) is 39.3 Å². The third-order valence-corrected chi connectivity index (χ3v) is 5.58. The van der Waals surface area contributed by atoms with Gasteiger partial charge in [-0.1, -0.05) is 29.8 Å². The van der Waals surface area contributed by atoms with E-state index in [-0.39, 0.29) is 6.04 Å². The zero-order valence-corrected chi connectivity index (χ0v) is 16.2. The predicted octanol–water partition coefficient (Wildman–Crippen LogP) is 4.42. The van der Waals surface area contributed by atoms with Crippen molar-refractivity contribution in [3.05, 3.63) is 53.0 Å². The van der Waals surface area contributed by atoms with Crippen molar-refractivity contribution in [1.82, 2.24) is 20.3 Å². The Kier molecular flexibility index (Phi) is 4.99. The van der Waals surface area contributed by atoms with Gasteiger partial charge in [0.2, 0.25) is 0 Å². The fourth-order valence-corrected chi connectivity index (χ4v) is 3.96. The maximum Gasteiger partial charge on any atom is 0.173 e.